The molecule has 0 aromatic heterocycles. The molecule has 1 aliphatic carbocycles. The highest BCUT2D eigenvalue weighted by Crippen LogP contribution is 2.41. The first-order chi connectivity index (χ1) is 13.8. The summed E-state index contributed by atoms with van der Waals surface area (Å²) in [6, 6.07) is 14.1. The van der Waals surface area contributed by atoms with Crippen LogP contribution in [0.25, 0.3) is 0 Å². The fourth-order valence-corrected chi connectivity index (χ4v) is 4.10. The smallest absolute Gasteiger partial charge is 0.119 e. The van der Waals surface area contributed by atoms with Gasteiger partial charge in [0.05, 0.1) is 39.3 Å². The first-order valence-electron chi connectivity index (χ1n) is 9.89. The van der Waals surface area contributed by atoms with Crippen molar-refractivity contribution < 1.29 is 24.6 Å². The normalized spacial score (nSPS) is 21.2. The van der Waals surface area contributed by atoms with E-state index < -0.39 is 11.6 Å². The van der Waals surface area contributed by atoms with E-state index in [1.807, 2.05) is 24.3 Å². The largest absolute Gasteiger partial charge is 0.545 e. The quantitative estimate of drug-likeness (QED) is 0.776. The van der Waals surface area contributed by atoms with Crippen LogP contribution in [0.4, 0.5) is 0 Å². The van der Waals surface area contributed by atoms with Crippen LogP contribution in [0.2, 0.25) is 5.02 Å². The molecule has 158 valence electrons. The Labute approximate surface area is 177 Å². The van der Waals surface area contributed by atoms with Crippen molar-refractivity contribution in [3.05, 3.63) is 64.7 Å². The van der Waals surface area contributed by atoms with Crippen LogP contribution in [0.3, 0.4) is 0 Å². The number of aliphatic hydroxyl groups is 1. The Morgan fingerprint density at radius 2 is 1.97 bits per heavy atom. The monoisotopic (exact) mass is 419 g/mol. The lowest BCUT2D eigenvalue weighted by molar-refractivity contribution is -0.863. The Kier molecular flexibility index (Phi) is 8.50. The Hall–Kier alpha value is -2.08. The molecule has 2 N–H and O–H groups in total. The summed E-state index contributed by atoms with van der Waals surface area (Å²) < 4.78 is 5.29. The summed E-state index contributed by atoms with van der Waals surface area (Å²) in [4.78, 5) is 11.6. The van der Waals surface area contributed by atoms with E-state index in [0.29, 0.717) is 5.92 Å². The number of carboxylic acid groups (broad SMARTS) is 1. The van der Waals surface area contributed by atoms with Crippen LogP contribution in [0.1, 0.15) is 41.6 Å². The minimum atomic E-state index is -1.24. The number of carboxylic acids is 1. The molecule has 3 rings (SSSR count). The number of methoxy groups -OCH3 is 1. The lowest BCUT2D eigenvalue weighted by Gasteiger charge is -2.40. The second-order valence-electron chi connectivity index (χ2n) is 7.78. The van der Waals surface area contributed by atoms with Crippen molar-refractivity contribution in [2.45, 2.75) is 31.3 Å². The molecule has 0 aliphatic heterocycles. The molecule has 0 saturated heterocycles. The lowest BCUT2D eigenvalue weighted by atomic mass is 9.71. The van der Waals surface area contributed by atoms with Crippen LogP contribution >= 0.6 is 11.6 Å². The van der Waals surface area contributed by atoms with Gasteiger partial charge in [-0.25, -0.2) is 0 Å². The van der Waals surface area contributed by atoms with E-state index in [4.69, 9.17) is 16.3 Å². The van der Waals surface area contributed by atoms with Gasteiger partial charge < -0.3 is 24.6 Å². The number of ether oxygens (including phenoxy) is 1. The van der Waals surface area contributed by atoms with Gasteiger partial charge in [-0.15, -0.1) is 0 Å². The maximum atomic E-state index is 11.2. The second-order valence-corrected chi connectivity index (χ2v) is 8.18. The predicted molar refractivity (Wildman–Crippen MR) is 112 cm³/mol. The molecular formula is C23H30ClNO4. The van der Waals surface area contributed by atoms with Gasteiger partial charge in [-0.2, -0.15) is 0 Å². The third kappa shape index (κ3) is 6.20. The van der Waals surface area contributed by atoms with Crippen molar-refractivity contribution >= 4 is 17.6 Å². The molecule has 0 spiro atoms. The first kappa shape index (κ1) is 23.2. The molecule has 0 amide bonds. The highest BCUT2D eigenvalue weighted by atomic mass is 35.5. The Bertz CT molecular complexity index is 811. The molecular weight excluding hydrogens is 390 g/mol. The van der Waals surface area contributed by atoms with Gasteiger partial charge in [0.15, 0.2) is 0 Å². The van der Waals surface area contributed by atoms with Crippen molar-refractivity contribution in [1.82, 2.24) is 0 Å². The average molecular weight is 420 g/mol. The van der Waals surface area contributed by atoms with Crippen molar-refractivity contribution in [3.63, 3.8) is 0 Å². The minimum absolute atomic E-state index is 0.0316. The molecule has 2 atom stereocenters. The number of hydrogen-bond acceptors (Lipinski definition) is 4. The molecule has 0 unspecified atom stereocenters. The number of hydrogen-bond donors (Lipinski definition) is 2. The van der Waals surface area contributed by atoms with Crippen LogP contribution in [-0.2, 0) is 5.60 Å². The van der Waals surface area contributed by atoms with Gasteiger partial charge in [-0.05, 0) is 36.6 Å². The Morgan fingerprint density at radius 1 is 1.24 bits per heavy atom. The molecule has 29 heavy (non-hydrogen) atoms. The van der Waals surface area contributed by atoms with Gasteiger partial charge in [-0.1, -0.05) is 54.8 Å². The van der Waals surface area contributed by atoms with E-state index in [-0.39, 0.29) is 10.6 Å². The summed E-state index contributed by atoms with van der Waals surface area (Å²) in [7, 11) is 5.98. The Morgan fingerprint density at radius 3 is 2.55 bits per heavy atom. The zero-order valence-corrected chi connectivity index (χ0v) is 18.0. The number of carbonyl (C=O) groups excluding carboxylic acids is 1. The van der Waals surface area contributed by atoms with Gasteiger partial charge >= 0.3 is 0 Å². The number of rotatable bonds is 5. The van der Waals surface area contributed by atoms with E-state index in [1.54, 1.807) is 19.2 Å². The molecule has 5 nitrogen and oxygen atoms in total. The zero-order chi connectivity index (χ0) is 21.4. The zero-order valence-electron chi connectivity index (χ0n) is 17.3. The van der Waals surface area contributed by atoms with E-state index in [1.165, 1.54) is 23.5 Å². The second kappa shape index (κ2) is 10.6. The van der Waals surface area contributed by atoms with Crippen LogP contribution < -0.4 is 14.7 Å². The highest BCUT2D eigenvalue weighted by molar-refractivity contribution is 6.33. The fourth-order valence-electron chi connectivity index (χ4n) is 3.89. The molecule has 6 heteroatoms. The molecule has 0 radical (unpaired) electrons. The maximum Gasteiger partial charge on any atom is 0.119 e. The minimum Gasteiger partial charge on any atom is -0.545 e. The van der Waals surface area contributed by atoms with Crippen molar-refractivity contribution in [2.75, 3.05) is 27.7 Å². The summed E-state index contributed by atoms with van der Waals surface area (Å²) in [6.07, 6.45) is 4.30. The number of carbonyl (C=O) groups is 1. The summed E-state index contributed by atoms with van der Waals surface area (Å²) in [5, 5.41) is 21.6. The third-order valence-electron chi connectivity index (χ3n) is 5.35. The number of benzene rings is 2. The summed E-state index contributed by atoms with van der Waals surface area (Å²) in [5.41, 5.74) is 0.353. The maximum absolute atomic E-state index is 11.2. The van der Waals surface area contributed by atoms with E-state index in [2.05, 4.69) is 14.1 Å². The van der Waals surface area contributed by atoms with E-state index >= 15 is 0 Å². The number of aromatic carboxylic acids is 1. The molecule has 2 aromatic carbocycles. The SMILES string of the molecule is COc1cccc([C@]2(O)CCCC[C@H]2C[NH+](C)C)c1.O=C([O-])c1ccccc1Cl. The van der Waals surface area contributed by atoms with Crippen LogP contribution in [0, 0.1) is 5.92 Å². The fraction of sp³-hybridized carbons (Fsp3) is 0.435. The molecule has 1 saturated carbocycles. The average Bonchev–Trinajstić information content (AvgIpc) is 2.70. The standard InChI is InChI=1S/C16H25NO2.C7H5ClO2/c1-17(2)12-14-7-4-5-10-16(14,18)13-8-6-9-15(11-13)19-3;8-6-4-2-1-3-5(6)7(9)10/h6,8-9,11,14,18H,4-5,7,10,12H2,1-3H3;1-4H,(H,9,10)/t14-,16+;/m0./s1. The molecule has 1 aliphatic rings. The van der Waals surface area contributed by atoms with Gasteiger partial charge in [0.2, 0.25) is 0 Å². The predicted octanol–water partition coefficient (Wildman–Crippen LogP) is 1.92. The summed E-state index contributed by atoms with van der Waals surface area (Å²) >= 11 is 5.50. The third-order valence-corrected chi connectivity index (χ3v) is 5.68. The van der Waals surface area contributed by atoms with E-state index in [9.17, 15) is 15.0 Å². The summed E-state index contributed by atoms with van der Waals surface area (Å²) in [6.45, 7) is 1.01. The van der Waals surface area contributed by atoms with Crippen molar-refractivity contribution in [3.8, 4) is 5.75 Å². The Balaban J connectivity index is 0.000000253. The lowest BCUT2D eigenvalue weighted by Crippen LogP contribution is -3.06. The topological polar surface area (TPSA) is 74.0 Å². The molecule has 1 fully saturated rings. The van der Waals surface area contributed by atoms with Gasteiger partial charge in [0.1, 0.15) is 5.75 Å². The van der Waals surface area contributed by atoms with E-state index in [0.717, 1.165) is 37.1 Å². The van der Waals surface area contributed by atoms with Crippen molar-refractivity contribution in [2.24, 2.45) is 5.92 Å². The molecule has 0 bridgehead atoms. The number of nitrogens with one attached hydrogen (secondary N) is 1. The van der Waals surface area contributed by atoms with Crippen LogP contribution in [0.5, 0.6) is 5.75 Å². The molecule has 2 aromatic rings. The number of halogens is 1. The first-order valence-corrected chi connectivity index (χ1v) is 10.3. The summed E-state index contributed by atoms with van der Waals surface area (Å²) in [5.74, 6) is -0.0867. The van der Waals surface area contributed by atoms with Crippen LogP contribution in [-0.4, -0.2) is 38.8 Å². The van der Waals surface area contributed by atoms with Crippen LogP contribution in [0.15, 0.2) is 48.5 Å². The highest BCUT2D eigenvalue weighted by Gasteiger charge is 2.41. The van der Waals surface area contributed by atoms with Gasteiger partial charge in [0, 0.05) is 16.5 Å². The van der Waals surface area contributed by atoms with Gasteiger partial charge in [-0.3, -0.25) is 0 Å². The van der Waals surface area contributed by atoms with Crippen molar-refractivity contribution in [1.29, 1.82) is 0 Å². The molecule has 0 heterocycles. The number of quaternary nitrogens is 1. The van der Waals surface area contributed by atoms with Gasteiger partial charge in [0.25, 0.3) is 0 Å².